The summed E-state index contributed by atoms with van der Waals surface area (Å²) in [5.74, 6) is -0.783. The Bertz CT molecular complexity index is 4230. The van der Waals surface area contributed by atoms with Gasteiger partial charge in [-0.15, -0.1) is 0 Å². The number of carbonyl (C=O) groups excluding carboxylic acids is 8. The van der Waals surface area contributed by atoms with Crippen LogP contribution in [0.25, 0.3) is 0 Å². The van der Waals surface area contributed by atoms with E-state index < -0.39 is 52.5 Å². The van der Waals surface area contributed by atoms with Crippen LogP contribution < -0.4 is 38.5 Å². The first kappa shape index (κ1) is 65.5. The van der Waals surface area contributed by atoms with Crippen molar-refractivity contribution in [3.63, 3.8) is 0 Å². The van der Waals surface area contributed by atoms with Gasteiger partial charge < -0.3 is 18.9 Å². The summed E-state index contributed by atoms with van der Waals surface area (Å²) in [6.07, 6.45) is -1.71. The first-order valence-corrected chi connectivity index (χ1v) is 29.8. The quantitative estimate of drug-likeness (QED) is 0.0585. The number of rotatable bonds is 18. The van der Waals surface area contributed by atoms with Crippen LogP contribution in [0.2, 0.25) is 0 Å². The number of benzene rings is 8. The molecule has 0 bridgehead atoms. The van der Waals surface area contributed by atoms with Crippen LogP contribution in [0.5, 0.6) is 46.0 Å². The third kappa shape index (κ3) is 12.9. The molecule has 4 heterocycles. The molecule has 0 fully saturated rings. The van der Waals surface area contributed by atoms with Crippen molar-refractivity contribution in [2.45, 2.75) is 64.7 Å². The molecule has 22 heteroatoms. The maximum Gasteiger partial charge on any atom is 0.411 e. The van der Waals surface area contributed by atoms with Crippen molar-refractivity contribution in [3.05, 3.63) is 263 Å². The van der Waals surface area contributed by atoms with E-state index in [2.05, 4.69) is 0 Å². The van der Waals surface area contributed by atoms with Crippen LogP contribution in [0, 0.1) is 13.8 Å². The smallest absolute Gasteiger partial charge is 0.411 e. The minimum Gasteiger partial charge on any atom is -0.457 e. The van der Waals surface area contributed by atoms with E-state index in [0.717, 1.165) is 103 Å². The summed E-state index contributed by atoms with van der Waals surface area (Å²) in [4.78, 5) is 100. The summed E-state index contributed by atoms with van der Waals surface area (Å²) < 4.78 is 115. The van der Waals surface area contributed by atoms with Gasteiger partial charge in [0.25, 0.3) is 47.3 Å². The van der Waals surface area contributed by atoms with Gasteiger partial charge in [0, 0.05) is 55.0 Å². The number of halogens is 6. The van der Waals surface area contributed by atoms with E-state index in [1.54, 1.807) is 62.4 Å². The predicted molar refractivity (Wildman–Crippen MR) is 342 cm³/mol. The fourth-order valence-electron chi connectivity index (χ4n) is 11.3. The second kappa shape index (κ2) is 26.6. The third-order valence-corrected chi connectivity index (χ3v) is 16.1. The van der Waals surface area contributed by atoms with Gasteiger partial charge in [-0.3, -0.25) is 38.4 Å². The maximum atomic E-state index is 15.2. The SMILES string of the molecule is CCc1cc(C(c2ccc(Oc3ccc(N4C(=O)C=CC4=O)cc3)c(CC)c2)(C(F)(F)F)C(F)(F)F)ccc1Oc1ccc(N2C(=O)C=CC2=O)cc1.Cc1cccc(Cc2cccc(C)c2Oc2ccc(N3C(=O)C=CC3=O)cc2)c1Oc1ccc(N2C(=O)C=CC2=O)cc1. The molecule has 12 rings (SSSR count). The normalized spacial score (nSPS) is 14.6. The largest absolute Gasteiger partial charge is 0.457 e. The zero-order valence-electron chi connectivity index (χ0n) is 51.4. The molecule has 0 saturated carbocycles. The van der Waals surface area contributed by atoms with Crippen molar-refractivity contribution in [1.82, 2.24) is 0 Å². The molecule has 0 aliphatic carbocycles. The Morgan fingerprint density at radius 1 is 0.323 bits per heavy atom. The first-order chi connectivity index (χ1) is 45.9. The van der Waals surface area contributed by atoms with Crippen LogP contribution >= 0.6 is 0 Å². The summed E-state index contributed by atoms with van der Waals surface area (Å²) in [7, 11) is 0. The van der Waals surface area contributed by atoms with Gasteiger partial charge in [0.2, 0.25) is 5.41 Å². The summed E-state index contributed by atoms with van der Waals surface area (Å²) in [5.41, 5.74) is -1.23. The van der Waals surface area contributed by atoms with Gasteiger partial charge in [-0.2, -0.15) is 26.3 Å². The molecule has 16 nitrogen and oxygen atoms in total. The number of aryl methyl sites for hydroxylation is 4. The highest BCUT2D eigenvalue weighted by Gasteiger charge is 2.72. The van der Waals surface area contributed by atoms with Crippen molar-refractivity contribution in [1.29, 1.82) is 0 Å². The second-order valence-electron chi connectivity index (χ2n) is 22.2. The van der Waals surface area contributed by atoms with Gasteiger partial charge >= 0.3 is 12.4 Å². The van der Waals surface area contributed by atoms with E-state index in [4.69, 9.17) is 18.9 Å². The molecule has 8 aromatic rings. The Morgan fingerprint density at radius 3 is 0.833 bits per heavy atom. The Kier molecular flexibility index (Phi) is 18.1. The molecule has 0 unspecified atom stereocenters. The molecular weight excluding hydrogens is 1250 g/mol. The Morgan fingerprint density at radius 2 is 0.583 bits per heavy atom. The fourth-order valence-corrected chi connectivity index (χ4v) is 11.3. The van der Waals surface area contributed by atoms with E-state index in [0.29, 0.717) is 40.8 Å². The Labute approximate surface area is 544 Å². The molecule has 484 valence electrons. The van der Waals surface area contributed by atoms with Crippen LogP contribution in [0.4, 0.5) is 49.1 Å². The molecule has 0 aromatic heterocycles. The van der Waals surface area contributed by atoms with Gasteiger partial charge in [0.15, 0.2) is 0 Å². The number of para-hydroxylation sites is 2. The molecule has 0 N–H and O–H groups in total. The lowest BCUT2D eigenvalue weighted by Crippen LogP contribution is -2.54. The number of imide groups is 4. The Hall–Kier alpha value is -11.9. The summed E-state index contributed by atoms with van der Waals surface area (Å²) in [6, 6.07) is 42.1. The lowest BCUT2D eigenvalue weighted by atomic mass is 9.72. The number of nitrogens with zero attached hydrogens (tertiary/aromatic N) is 4. The van der Waals surface area contributed by atoms with E-state index in [1.165, 1.54) is 72.8 Å². The molecule has 8 amide bonds. The van der Waals surface area contributed by atoms with Crippen molar-refractivity contribution >= 4 is 70.0 Å². The van der Waals surface area contributed by atoms with E-state index in [9.17, 15) is 38.4 Å². The molecule has 4 aliphatic heterocycles. The maximum absolute atomic E-state index is 15.2. The van der Waals surface area contributed by atoms with Crippen molar-refractivity contribution < 1.29 is 83.6 Å². The number of alkyl halides is 6. The Balaban J connectivity index is 0.000000199. The van der Waals surface area contributed by atoms with Gasteiger partial charge in [-0.25, -0.2) is 19.6 Å². The summed E-state index contributed by atoms with van der Waals surface area (Å²) in [5, 5.41) is 0. The van der Waals surface area contributed by atoms with Crippen LogP contribution in [-0.4, -0.2) is 59.6 Å². The first-order valence-electron chi connectivity index (χ1n) is 29.8. The number of hydrogen-bond donors (Lipinski definition) is 0. The van der Waals surface area contributed by atoms with Crippen LogP contribution in [0.15, 0.2) is 218 Å². The average molecular weight is 1310 g/mol. The van der Waals surface area contributed by atoms with Crippen molar-refractivity contribution in [3.8, 4) is 46.0 Å². The highest BCUT2D eigenvalue weighted by molar-refractivity contribution is 6.30. The van der Waals surface area contributed by atoms with Gasteiger partial charge in [-0.05, 0) is 180 Å². The van der Waals surface area contributed by atoms with E-state index in [-0.39, 0.29) is 82.0 Å². The molecule has 96 heavy (non-hydrogen) atoms. The lowest BCUT2D eigenvalue weighted by Gasteiger charge is -2.39. The lowest BCUT2D eigenvalue weighted by molar-refractivity contribution is -0.288. The molecule has 0 radical (unpaired) electrons. The highest BCUT2D eigenvalue weighted by atomic mass is 19.4. The van der Waals surface area contributed by atoms with Crippen LogP contribution in [-0.2, 0) is 63.0 Å². The molecule has 4 aliphatic rings. The molecule has 0 spiro atoms. The van der Waals surface area contributed by atoms with Crippen molar-refractivity contribution in [2.24, 2.45) is 0 Å². The molecule has 0 saturated heterocycles. The van der Waals surface area contributed by atoms with E-state index in [1.807, 2.05) is 50.2 Å². The van der Waals surface area contributed by atoms with Crippen LogP contribution in [0.3, 0.4) is 0 Å². The zero-order chi connectivity index (χ0) is 68.4. The summed E-state index contributed by atoms with van der Waals surface area (Å²) in [6.45, 7) is 7.06. The van der Waals surface area contributed by atoms with E-state index >= 15 is 26.3 Å². The number of hydrogen-bond acceptors (Lipinski definition) is 12. The number of ether oxygens (including phenoxy) is 4. The minimum absolute atomic E-state index is 0.0102. The second-order valence-corrected chi connectivity index (χ2v) is 22.2. The standard InChI is InChI=1S/C39H28F6N2O6.C35H26N2O6/c1-3-23-21-25(5-15-31(23)52-29-11-7-27(8-12-29)46-33(48)17-18-34(46)49)37(38(40,41)42,39(43,44)45)26-6-16-32(24(4-2)22-26)53-30-13-9-28(10-14-30)47-35(50)19-20-36(47)51;1-22-5-3-7-24(34(22)42-28-13-9-26(10-14-28)36-30(38)17-18-31(36)39)21-25-8-4-6-23(2)35(25)43-29-15-11-27(12-16-29)37-32(40)19-20-33(37)41/h5-22H,3-4H2,1-2H3;3-20H,21H2,1-2H3. The van der Waals surface area contributed by atoms with Crippen LogP contribution in [0.1, 0.15) is 58.4 Å². The monoisotopic (exact) mass is 1300 g/mol. The molecule has 0 atom stereocenters. The number of carbonyl (C=O) groups is 8. The number of amides is 8. The minimum atomic E-state index is -5.85. The summed E-state index contributed by atoms with van der Waals surface area (Å²) >= 11 is 0. The fraction of sp³-hybridized carbons (Fsp3) is 0.135. The van der Waals surface area contributed by atoms with Gasteiger partial charge in [0.05, 0.1) is 22.7 Å². The van der Waals surface area contributed by atoms with Crippen molar-refractivity contribution in [2.75, 3.05) is 19.6 Å². The topological polar surface area (TPSA) is 186 Å². The third-order valence-electron chi connectivity index (χ3n) is 16.1. The number of anilines is 4. The molecule has 8 aromatic carbocycles. The van der Waals surface area contributed by atoms with Gasteiger partial charge in [0.1, 0.15) is 46.0 Å². The molecular formula is C74H54F6N4O12. The predicted octanol–water partition coefficient (Wildman–Crippen LogP) is 15.0. The average Bonchev–Trinajstić information content (AvgIpc) is 0.945. The highest BCUT2D eigenvalue weighted by Crippen LogP contribution is 2.57. The van der Waals surface area contributed by atoms with Gasteiger partial charge in [-0.1, -0.05) is 74.5 Å². The zero-order valence-corrected chi connectivity index (χ0v) is 51.4.